The number of nitrogens with two attached hydrogens (primary N) is 2. The lowest BCUT2D eigenvalue weighted by atomic mass is 9.85. The molecule has 0 radical (unpaired) electrons. The third kappa shape index (κ3) is 5.25. The van der Waals surface area contributed by atoms with E-state index in [1.54, 1.807) is 0 Å². The summed E-state index contributed by atoms with van der Waals surface area (Å²) in [7, 11) is 0. The van der Waals surface area contributed by atoms with Crippen LogP contribution >= 0.6 is 0 Å². The molecule has 6 N–H and O–H groups in total. The fourth-order valence-electron chi connectivity index (χ4n) is 3.51. The second kappa shape index (κ2) is 8.48. The highest BCUT2D eigenvalue weighted by Gasteiger charge is 2.28. The third-order valence-electron chi connectivity index (χ3n) is 4.95. The Balaban J connectivity index is 1.66. The molecule has 2 aliphatic rings. The molecule has 0 spiro atoms. The van der Waals surface area contributed by atoms with Gasteiger partial charge in [-0.1, -0.05) is 0 Å². The summed E-state index contributed by atoms with van der Waals surface area (Å²) in [6.07, 6.45) is 7.86. The molecule has 2 fully saturated rings. The molecule has 2 saturated carbocycles. The molecule has 0 atom stereocenters. The highest BCUT2D eigenvalue weighted by atomic mass is 16.2. The Labute approximate surface area is 132 Å². The summed E-state index contributed by atoms with van der Waals surface area (Å²) in [5.41, 5.74) is 11.3. The number of carbonyl (C=O) groups is 2. The van der Waals surface area contributed by atoms with Gasteiger partial charge in [0, 0.05) is 37.0 Å². The molecule has 6 heteroatoms. The zero-order chi connectivity index (χ0) is 15.9. The van der Waals surface area contributed by atoms with Gasteiger partial charge in [0.05, 0.1) is 0 Å². The average molecular weight is 310 g/mol. The van der Waals surface area contributed by atoms with Gasteiger partial charge in [-0.2, -0.15) is 0 Å². The molecule has 6 nitrogen and oxygen atoms in total. The van der Waals surface area contributed by atoms with Crippen molar-refractivity contribution >= 4 is 11.8 Å². The van der Waals surface area contributed by atoms with Gasteiger partial charge in [-0.3, -0.25) is 9.59 Å². The number of carbonyl (C=O) groups excluding carboxylic acids is 2. The van der Waals surface area contributed by atoms with Gasteiger partial charge in [-0.25, -0.2) is 0 Å². The van der Waals surface area contributed by atoms with E-state index in [1.807, 2.05) is 0 Å². The normalized spacial score (nSPS) is 32.3. The number of rotatable bonds is 5. The Bertz CT molecular complexity index is 372. The smallest absolute Gasteiger partial charge is 0.223 e. The van der Waals surface area contributed by atoms with Gasteiger partial charge in [0.25, 0.3) is 0 Å². The predicted octanol–water partition coefficient (Wildman–Crippen LogP) is 0.396. The zero-order valence-corrected chi connectivity index (χ0v) is 13.4. The molecule has 2 amide bonds. The van der Waals surface area contributed by atoms with Gasteiger partial charge in [-0.15, -0.1) is 0 Å². The summed E-state index contributed by atoms with van der Waals surface area (Å²) >= 11 is 0. The van der Waals surface area contributed by atoms with Crippen LogP contribution in [0.15, 0.2) is 0 Å². The molecule has 0 aromatic carbocycles. The largest absolute Gasteiger partial charge is 0.353 e. The van der Waals surface area contributed by atoms with Crippen LogP contribution in [0.4, 0.5) is 0 Å². The summed E-state index contributed by atoms with van der Waals surface area (Å²) in [5.74, 6) is 0.373. The SMILES string of the molecule is NCCC(=O)N[C@H]1CC[C@H](NC(=O)[C@H]2CC[C@H](N)CC2)CC1. The zero-order valence-electron chi connectivity index (χ0n) is 13.4. The van der Waals surface area contributed by atoms with Crippen LogP contribution < -0.4 is 22.1 Å². The van der Waals surface area contributed by atoms with Crippen LogP contribution in [0.3, 0.4) is 0 Å². The maximum atomic E-state index is 12.3. The molecule has 2 aliphatic carbocycles. The lowest BCUT2D eigenvalue weighted by molar-refractivity contribution is -0.127. The minimum absolute atomic E-state index is 0.0357. The van der Waals surface area contributed by atoms with Crippen molar-refractivity contribution in [2.75, 3.05) is 6.54 Å². The monoisotopic (exact) mass is 310 g/mol. The van der Waals surface area contributed by atoms with Crippen LogP contribution in [-0.4, -0.2) is 36.5 Å². The molecule has 22 heavy (non-hydrogen) atoms. The first-order valence-corrected chi connectivity index (χ1v) is 8.64. The molecule has 2 rings (SSSR count). The second-order valence-corrected chi connectivity index (χ2v) is 6.78. The first kappa shape index (κ1) is 17.2. The van der Waals surface area contributed by atoms with Crippen LogP contribution in [0.25, 0.3) is 0 Å². The van der Waals surface area contributed by atoms with Crippen molar-refractivity contribution in [3.8, 4) is 0 Å². The van der Waals surface area contributed by atoms with E-state index in [0.29, 0.717) is 13.0 Å². The van der Waals surface area contributed by atoms with Crippen molar-refractivity contribution in [2.45, 2.75) is 75.9 Å². The Morgan fingerprint density at radius 3 is 1.95 bits per heavy atom. The Hall–Kier alpha value is -1.14. The number of hydrogen-bond acceptors (Lipinski definition) is 4. The van der Waals surface area contributed by atoms with Crippen LogP contribution in [0, 0.1) is 5.92 Å². The molecule has 0 saturated heterocycles. The minimum atomic E-state index is 0.0357. The first-order chi connectivity index (χ1) is 10.6. The maximum Gasteiger partial charge on any atom is 0.223 e. The van der Waals surface area contributed by atoms with Gasteiger partial charge in [0.15, 0.2) is 0 Å². The predicted molar refractivity (Wildman–Crippen MR) is 85.9 cm³/mol. The van der Waals surface area contributed by atoms with Gasteiger partial charge in [0.1, 0.15) is 0 Å². The van der Waals surface area contributed by atoms with E-state index < -0.39 is 0 Å². The number of hydrogen-bond donors (Lipinski definition) is 4. The second-order valence-electron chi connectivity index (χ2n) is 6.78. The Morgan fingerprint density at radius 2 is 1.41 bits per heavy atom. The van der Waals surface area contributed by atoms with Crippen LogP contribution in [0.1, 0.15) is 57.8 Å². The minimum Gasteiger partial charge on any atom is -0.353 e. The molecule has 0 aromatic heterocycles. The van der Waals surface area contributed by atoms with Gasteiger partial charge in [-0.05, 0) is 51.4 Å². The Kier molecular flexibility index (Phi) is 6.64. The highest BCUT2D eigenvalue weighted by molar-refractivity contribution is 5.79. The fraction of sp³-hybridized carbons (Fsp3) is 0.875. The molecule has 0 heterocycles. The van der Waals surface area contributed by atoms with E-state index in [-0.39, 0.29) is 35.9 Å². The summed E-state index contributed by atoms with van der Waals surface area (Å²) < 4.78 is 0. The summed E-state index contributed by atoms with van der Waals surface area (Å²) in [6, 6.07) is 0.766. The van der Waals surface area contributed by atoms with E-state index in [1.165, 1.54) is 0 Å². The Morgan fingerprint density at radius 1 is 0.864 bits per heavy atom. The summed E-state index contributed by atoms with van der Waals surface area (Å²) in [6.45, 7) is 0.391. The summed E-state index contributed by atoms with van der Waals surface area (Å²) in [4.78, 5) is 23.8. The van der Waals surface area contributed by atoms with Crippen molar-refractivity contribution in [2.24, 2.45) is 17.4 Å². The van der Waals surface area contributed by atoms with E-state index in [2.05, 4.69) is 10.6 Å². The van der Waals surface area contributed by atoms with Gasteiger partial charge in [0.2, 0.25) is 11.8 Å². The highest BCUT2D eigenvalue weighted by Crippen LogP contribution is 2.25. The van der Waals surface area contributed by atoms with Crippen LogP contribution in [0.2, 0.25) is 0 Å². The fourth-order valence-corrected chi connectivity index (χ4v) is 3.51. The van der Waals surface area contributed by atoms with E-state index in [0.717, 1.165) is 51.4 Å². The summed E-state index contributed by atoms with van der Waals surface area (Å²) in [5, 5.41) is 6.21. The van der Waals surface area contributed by atoms with E-state index in [4.69, 9.17) is 11.5 Å². The first-order valence-electron chi connectivity index (χ1n) is 8.64. The lowest BCUT2D eigenvalue weighted by Gasteiger charge is -2.32. The molecule has 0 unspecified atom stereocenters. The van der Waals surface area contributed by atoms with Gasteiger partial charge < -0.3 is 22.1 Å². The van der Waals surface area contributed by atoms with E-state index >= 15 is 0 Å². The molecule has 0 aromatic rings. The van der Waals surface area contributed by atoms with Crippen molar-refractivity contribution in [3.63, 3.8) is 0 Å². The quantitative estimate of drug-likeness (QED) is 0.589. The van der Waals surface area contributed by atoms with Crippen LogP contribution in [-0.2, 0) is 9.59 Å². The number of nitrogens with one attached hydrogen (secondary N) is 2. The topological polar surface area (TPSA) is 110 Å². The average Bonchev–Trinajstić information content (AvgIpc) is 2.50. The molecule has 0 bridgehead atoms. The van der Waals surface area contributed by atoms with Crippen molar-refractivity contribution in [1.82, 2.24) is 10.6 Å². The molecule has 0 aliphatic heterocycles. The third-order valence-corrected chi connectivity index (χ3v) is 4.95. The van der Waals surface area contributed by atoms with Gasteiger partial charge >= 0.3 is 0 Å². The van der Waals surface area contributed by atoms with Crippen molar-refractivity contribution < 1.29 is 9.59 Å². The maximum absolute atomic E-state index is 12.3. The molecular weight excluding hydrogens is 280 g/mol. The molecule has 126 valence electrons. The number of amides is 2. The standard InChI is InChI=1S/C16H30N4O2/c17-10-9-15(21)19-13-5-7-14(8-6-13)20-16(22)11-1-3-12(18)4-2-11/h11-14H,1-10,17-18H2,(H,19,21)(H,20,22)/t11-,12-,13-,14-. The van der Waals surface area contributed by atoms with Crippen molar-refractivity contribution in [3.05, 3.63) is 0 Å². The van der Waals surface area contributed by atoms with Crippen LogP contribution in [0.5, 0.6) is 0 Å². The van der Waals surface area contributed by atoms with E-state index in [9.17, 15) is 9.59 Å². The lowest BCUT2D eigenvalue weighted by Crippen LogP contribution is -2.46. The van der Waals surface area contributed by atoms with Crippen molar-refractivity contribution in [1.29, 1.82) is 0 Å². The molecular formula is C16H30N4O2.